The third-order valence-corrected chi connectivity index (χ3v) is 4.82. The number of anilines is 1. The first-order valence-electron chi connectivity index (χ1n) is 7.18. The van der Waals surface area contributed by atoms with Crippen LogP contribution in [0.3, 0.4) is 0 Å². The molecule has 1 aliphatic rings. The molecule has 24 heavy (non-hydrogen) atoms. The van der Waals surface area contributed by atoms with Gasteiger partial charge in [-0.05, 0) is 35.9 Å². The van der Waals surface area contributed by atoms with Crippen molar-refractivity contribution in [3.8, 4) is 11.5 Å². The van der Waals surface area contributed by atoms with Gasteiger partial charge < -0.3 is 9.47 Å². The van der Waals surface area contributed by atoms with Crippen LogP contribution in [0.25, 0.3) is 6.08 Å². The summed E-state index contributed by atoms with van der Waals surface area (Å²) in [6.07, 6.45) is 1.83. The van der Waals surface area contributed by atoms with Crippen LogP contribution < -0.4 is 14.4 Å². The maximum absolute atomic E-state index is 12.7. The largest absolute Gasteiger partial charge is 0.497 e. The molecule has 2 aromatic carbocycles. The lowest BCUT2D eigenvalue weighted by atomic mass is 10.2. The summed E-state index contributed by atoms with van der Waals surface area (Å²) in [5.74, 6) is 1.32. The van der Waals surface area contributed by atoms with Gasteiger partial charge in [-0.15, -0.1) is 0 Å². The Morgan fingerprint density at radius 3 is 2.42 bits per heavy atom. The summed E-state index contributed by atoms with van der Waals surface area (Å²) < 4.78 is 10.9. The van der Waals surface area contributed by atoms with Crippen LogP contribution in [0.1, 0.15) is 5.56 Å². The van der Waals surface area contributed by atoms with Gasteiger partial charge >= 0.3 is 0 Å². The zero-order chi connectivity index (χ0) is 17.1. The van der Waals surface area contributed by atoms with Crippen molar-refractivity contribution in [2.75, 3.05) is 19.1 Å². The number of rotatable bonds is 4. The Hall–Kier alpha value is -2.31. The monoisotopic (exact) mass is 357 g/mol. The fourth-order valence-corrected chi connectivity index (χ4v) is 3.59. The molecule has 1 amide bonds. The second kappa shape index (κ2) is 7.07. The van der Waals surface area contributed by atoms with Crippen LogP contribution in [-0.2, 0) is 4.79 Å². The Kier molecular flexibility index (Phi) is 4.87. The molecule has 3 rings (SSSR count). The van der Waals surface area contributed by atoms with Gasteiger partial charge in [-0.3, -0.25) is 9.69 Å². The van der Waals surface area contributed by atoms with Crippen LogP contribution in [-0.4, -0.2) is 24.4 Å². The first-order valence-corrected chi connectivity index (χ1v) is 8.41. The molecule has 4 nitrogen and oxygen atoms in total. The number of hydrogen-bond donors (Lipinski definition) is 0. The van der Waals surface area contributed by atoms with Crippen molar-refractivity contribution in [1.29, 1.82) is 0 Å². The van der Waals surface area contributed by atoms with Crippen molar-refractivity contribution in [2.24, 2.45) is 0 Å². The Morgan fingerprint density at radius 2 is 1.75 bits per heavy atom. The molecule has 0 aromatic heterocycles. The molecule has 1 saturated heterocycles. The van der Waals surface area contributed by atoms with Crippen LogP contribution in [0, 0.1) is 0 Å². The van der Waals surface area contributed by atoms with Gasteiger partial charge in [0.1, 0.15) is 11.5 Å². The fourth-order valence-electron chi connectivity index (χ4n) is 2.29. The van der Waals surface area contributed by atoms with E-state index in [1.54, 1.807) is 20.3 Å². The Balaban J connectivity index is 1.89. The molecule has 0 atom stereocenters. The molecule has 0 radical (unpaired) electrons. The Bertz CT molecular complexity index is 815. The lowest BCUT2D eigenvalue weighted by molar-refractivity contribution is -0.113. The quantitative estimate of drug-likeness (QED) is 0.608. The molecule has 0 unspecified atom stereocenters. The van der Waals surface area contributed by atoms with Crippen molar-refractivity contribution >= 4 is 46.0 Å². The average molecular weight is 357 g/mol. The second-order valence-electron chi connectivity index (χ2n) is 4.99. The fraction of sp³-hybridized carbons (Fsp3) is 0.111. The van der Waals surface area contributed by atoms with E-state index in [4.69, 9.17) is 21.7 Å². The van der Waals surface area contributed by atoms with E-state index in [1.807, 2.05) is 48.5 Å². The van der Waals surface area contributed by atoms with Crippen molar-refractivity contribution < 1.29 is 14.3 Å². The number of carbonyl (C=O) groups is 1. The minimum atomic E-state index is -0.130. The predicted molar refractivity (Wildman–Crippen MR) is 102 cm³/mol. The molecule has 0 spiro atoms. The SMILES string of the molecule is COc1ccc(/C=C2\SC(=S)N(c3cccc(OC)c3)C2=O)cc1. The highest BCUT2D eigenvalue weighted by Gasteiger charge is 2.33. The van der Waals surface area contributed by atoms with Gasteiger partial charge in [-0.1, -0.05) is 42.2 Å². The van der Waals surface area contributed by atoms with Gasteiger partial charge in [0.05, 0.1) is 24.8 Å². The lowest BCUT2D eigenvalue weighted by Gasteiger charge is -2.15. The number of benzene rings is 2. The van der Waals surface area contributed by atoms with E-state index in [2.05, 4.69) is 0 Å². The third-order valence-electron chi connectivity index (χ3n) is 3.52. The molecule has 2 aromatic rings. The Labute approximate surface area is 150 Å². The average Bonchev–Trinajstić information content (AvgIpc) is 2.89. The first-order chi connectivity index (χ1) is 11.6. The smallest absolute Gasteiger partial charge is 0.270 e. The van der Waals surface area contributed by atoms with Crippen molar-refractivity contribution in [3.05, 3.63) is 59.0 Å². The number of carbonyl (C=O) groups excluding carboxylic acids is 1. The molecule has 0 saturated carbocycles. The number of hydrogen-bond acceptors (Lipinski definition) is 5. The minimum Gasteiger partial charge on any atom is -0.497 e. The molecule has 0 aliphatic carbocycles. The number of nitrogens with zero attached hydrogens (tertiary/aromatic N) is 1. The second-order valence-corrected chi connectivity index (χ2v) is 6.67. The third kappa shape index (κ3) is 3.29. The maximum atomic E-state index is 12.7. The van der Waals surface area contributed by atoms with Gasteiger partial charge in [0.15, 0.2) is 4.32 Å². The number of methoxy groups -OCH3 is 2. The van der Waals surface area contributed by atoms with Crippen LogP contribution in [0.2, 0.25) is 0 Å². The maximum Gasteiger partial charge on any atom is 0.270 e. The van der Waals surface area contributed by atoms with Crippen LogP contribution >= 0.6 is 24.0 Å². The van der Waals surface area contributed by atoms with E-state index in [1.165, 1.54) is 16.7 Å². The summed E-state index contributed by atoms with van der Waals surface area (Å²) >= 11 is 6.67. The number of thioether (sulfide) groups is 1. The van der Waals surface area contributed by atoms with Crippen LogP contribution in [0.5, 0.6) is 11.5 Å². The highest BCUT2D eigenvalue weighted by molar-refractivity contribution is 8.27. The molecule has 6 heteroatoms. The van der Waals surface area contributed by atoms with Gasteiger partial charge in [0.2, 0.25) is 0 Å². The van der Waals surface area contributed by atoms with E-state index in [9.17, 15) is 4.79 Å². The van der Waals surface area contributed by atoms with E-state index in [0.717, 1.165) is 11.3 Å². The number of amides is 1. The predicted octanol–water partition coefficient (Wildman–Crippen LogP) is 4.11. The highest BCUT2D eigenvalue weighted by Crippen LogP contribution is 2.37. The zero-order valence-corrected chi connectivity index (χ0v) is 14.8. The van der Waals surface area contributed by atoms with E-state index in [-0.39, 0.29) is 5.91 Å². The molecular weight excluding hydrogens is 342 g/mol. The van der Waals surface area contributed by atoms with Gasteiger partial charge in [0.25, 0.3) is 5.91 Å². The summed E-state index contributed by atoms with van der Waals surface area (Å²) in [5.41, 5.74) is 1.62. The summed E-state index contributed by atoms with van der Waals surface area (Å²) in [7, 11) is 3.21. The van der Waals surface area contributed by atoms with Crippen molar-refractivity contribution in [1.82, 2.24) is 0 Å². The van der Waals surface area contributed by atoms with Gasteiger partial charge in [0, 0.05) is 6.07 Å². The topological polar surface area (TPSA) is 38.8 Å². The minimum absolute atomic E-state index is 0.130. The zero-order valence-electron chi connectivity index (χ0n) is 13.2. The normalized spacial score (nSPS) is 15.9. The van der Waals surface area contributed by atoms with Crippen LogP contribution in [0.4, 0.5) is 5.69 Å². The number of ether oxygens (including phenoxy) is 2. The standard InChI is InChI=1S/C18H15NO3S2/c1-21-14-8-6-12(7-9-14)10-16-17(20)19(18(23)24-16)13-4-3-5-15(11-13)22-2/h3-11H,1-2H3/b16-10-. The molecule has 0 N–H and O–H groups in total. The summed E-state index contributed by atoms with van der Waals surface area (Å²) in [6.45, 7) is 0. The molecular formula is C18H15NO3S2. The highest BCUT2D eigenvalue weighted by atomic mass is 32.2. The van der Waals surface area contributed by atoms with Gasteiger partial charge in [-0.25, -0.2) is 0 Å². The van der Waals surface area contributed by atoms with E-state index >= 15 is 0 Å². The summed E-state index contributed by atoms with van der Waals surface area (Å²) in [5, 5.41) is 0. The van der Waals surface area contributed by atoms with Gasteiger partial charge in [-0.2, -0.15) is 0 Å². The van der Waals surface area contributed by atoms with Crippen molar-refractivity contribution in [3.63, 3.8) is 0 Å². The molecule has 1 heterocycles. The van der Waals surface area contributed by atoms with Crippen molar-refractivity contribution in [2.45, 2.75) is 0 Å². The van der Waals surface area contributed by atoms with Crippen LogP contribution in [0.15, 0.2) is 53.4 Å². The molecule has 122 valence electrons. The summed E-state index contributed by atoms with van der Waals surface area (Å²) in [4.78, 5) is 14.8. The first kappa shape index (κ1) is 16.5. The van der Waals surface area contributed by atoms with E-state index in [0.29, 0.717) is 20.7 Å². The lowest BCUT2D eigenvalue weighted by Crippen LogP contribution is -2.27. The molecule has 0 bridgehead atoms. The summed E-state index contributed by atoms with van der Waals surface area (Å²) in [6, 6.07) is 14.8. The number of thiocarbonyl (C=S) groups is 1. The molecule has 1 fully saturated rings. The van der Waals surface area contributed by atoms with E-state index < -0.39 is 0 Å². The molecule has 1 aliphatic heterocycles. The Morgan fingerprint density at radius 1 is 1.04 bits per heavy atom.